The Hall–Kier alpha value is -2.11. The monoisotopic (exact) mass is 463 g/mol. The van der Waals surface area contributed by atoms with E-state index in [9.17, 15) is 4.79 Å². The van der Waals surface area contributed by atoms with Crippen LogP contribution in [0.3, 0.4) is 0 Å². The van der Waals surface area contributed by atoms with E-state index in [0.29, 0.717) is 18.4 Å². The maximum atomic E-state index is 12.9. The van der Waals surface area contributed by atoms with Gasteiger partial charge in [-0.05, 0) is 62.3 Å². The quantitative estimate of drug-likeness (QED) is 0.335. The first-order valence-electron chi connectivity index (χ1n) is 13.2. The number of ether oxygens (including phenoxy) is 2. The van der Waals surface area contributed by atoms with Gasteiger partial charge in [-0.15, -0.1) is 0 Å². The number of carbonyl (C=O) groups excluding carboxylic acids is 1. The molecule has 5 nitrogen and oxygen atoms in total. The summed E-state index contributed by atoms with van der Waals surface area (Å²) in [5.74, 6) is 1.95. The van der Waals surface area contributed by atoms with Crippen LogP contribution in [0.15, 0.2) is 53.1 Å². The van der Waals surface area contributed by atoms with E-state index in [4.69, 9.17) is 13.9 Å². The Kier molecular flexibility index (Phi) is 5.61. The standard InChI is InChI=1S/C29H37NO4/c1-19-8-6-13-28(2)17-24-25(26-29(19,28)34-26)22(27(31)33-24)18-30-14-12-21(23-11-7-15-32-23)16-20-9-4-3-5-10-20/h3-5,7,9-11,15,19,21-22,24-26,30H,6,8,12-14,16-18H2,1-2H3. The third kappa shape index (κ3) is 3.54. The van der Waals surface area contributed by atoms with E-state index in [1.165, 1.54) is 24.8 Å². The SMILES string of the molecule is CC1CCCC2(C)CC3OC(=O)C(CNCCC(Cc4ccccc4)c4ccco4)C3C3OC132. The van der Waals surface area contributed by atoms with Crippen molar-refractivity contribution in [2.45, 2.75) is 76.1 Å². The van der Waals surface area contributed by atoms with Crippen molar-refractivity contribution >= 4 is 5.97 Å². The highest BCUT2D eigenvalue weighted by Crippen LogP contribution is 2.70. The lowest BCUT2D eigenvalue weighted by Gasteiger charge is -2.48. The second-order valence-corrected chi connectivity index (χ2v) is 11.4. The summed E-state index contributed by atoms with van der Waals surface area (Å²) in [7, 11) is 0. The first-order valence-corrected chi connectivity index (χ1v) is 13.2. The van der Waals surface area contributed by atoms with Gasteiger partial charge in [-0.25, -0.2) is 0 Å². The molecule has 5 heteroatoms. The summed E-state index contributed by atoms with van der Waals surface area (Å²) >= 11 is 0. The van der Waals surface area contributed by atoms with Crippen LogP contribution in [0.5, 0.6) is 0 Å². The fourth-order valence-corrected chi connectivity index (χ4v) is 7.77. The number of hydrogen-bond donors (Lipinski definition) is 1. The van der Waals surface area contributed by atoms with E-state index in [1.807, 2.05) is 6.07 Å². The number of furan rings is 1. The van der Waals surface area contributed by atoms with Crippen LogP contribution in [0, 0.1) is 23.2 Å². The predicted molar refractivity (Wildman–Crippen MR) is 129 cm³/mol. The zero-order valence-electron chi connectivity index (χ0n) is 20.4. The van der Waals surface area contributed by atoms with Gasteiger partial charge in [0.2, 0.25) is 0 Å². The van der Waals surface area contributed by atoms with Crippen LogP contribution in [0.2, 0.25) is 0 Å². The van der Waals surface area contributed by atoms with Crippen molar-refractivity contribution in [1.82, 2.24) is 5.32 Å². The molecule has 2 aliphatic carbocycles. The van der Waals surface area contributed by atoms with Crippen molar-refractivity contribution < 1.29 is 18.7 Å². The molecule has 0 radical (unpaired) electrons. The summed E-state index contributed by atoms with van der Waals surface area (Å²) in [5.41, 5.74) is 1.43. The number of esters is 1. The van der Waals surface area contributed by atoms with Gasteiger partial charge in [0.05, 0.1) is 18.3 Å². The van der Waals surface area contributed by atoms with Gasteiger partial charge in [-0.3, -0.25) is 4.79 Å². The van der Waals surface area contributed by atoms with E-state index in [2.05, 4.69) is 55.6 Å². The van der Waals surface area contributed by atoms with Gasteiger partial charge in [0.1, 0.15) is 17.5 Å². The molecule has 2 saturated heterocycles. The van der Waals surface area contributed by atoms with Crippen LogP contribution in [-0.2, 0) is 20.7 Å². The zero-order chi connectivity index (χ0) is 23.3. The lowest BCUT2D eigenvalue weighted by atomic mass is 9.53. The van der Waals surface area contributed by atoms with Crippen LogP contribution in [-0.4, -0.2) is 36.9 Å². The fraction of sp³-hybridized carbons (Fsp3) is 0.621. The van der Waals surface area contributed by atoms with Crippen molar-refractivity contribution in [3.8, 4) is 0 Å². The molecule has 8 unspecified atom stereocenters. The summed E-state index contributed by atoms with van der Waals surface area (Å²) < 4.78 is 18.3. The number of benzene rings is 1. The smallest absolute Gasteiger partial charge is 0.311 e. The number of epoxide rings is 1. The van der Waals surface area contributed by atoms with Crippen molar-refractivity contribution in [3.05, 3.63) is 60.1 Å². The molecule has 0 bridgehead atoms. The largest absolute Gasteiger partial charge is 0.469 e. The van der Waals surface area contributed by atoms with Gasteiger partial charge < -0.3 is 19.2 Å². The van der Waals surface area contributed by atoms with Crippen LogP contribution in [0.1, 0.15) is 63.2 Å². The Bertz CT molecular complexity index is 1010. The molecular weight excluding hydrogens is 426 g/mol. The Morgan fingerprint density at radius 2 is 2.03 bits per heavy atom. The second-order valence-electron chi connectivity index (χ2n) is 11.4. The number of carbonyl (C=O) groups is 1. The van der Waals surface area contributed by atoms with Crippen LogP contribution < -0.4 is 5.32 Å². The molecule has 182 valence electrons. The average Bonchev–Trinajstić information content (AvgIpc) is 3.20. The molecule has 34 heavy (non-hydrogen) atoms. The summed E-state index contributed by atoms with van der Waals surface area (Å²) in [6.45, 7) is 6.23. The van der Waals surface area contributed by atoms with E-state index in [-0.39, 0.29) is 41.0 Å². The third-order valence-electron chi connectivity index (χ3n) is 9.50. The van der Waals surface area contributed by atoms with Crippen molar-refractivity contribution in [2.75, 3.05) is 13.1 Å². The predicted octanol–water partition coefficient (Wildman–Crippen LogP) is 5.11. The first-order chi connectivity index (χ1) is 16.5. The topological polar surface area (TPSA) is 64.0 Å². The zero-order valence-corrected chi connectivity index (χ0v) is 20.4. The molecule has 0 amide bonds. The molecule has 4 aliphatic rings. The number of nitrogens with one attached hydrogen (secondary N) is 1. The van der Waals surface area contributed by atoms with E-state index in [1.54, 1.807) is 6.26 Å². The molecule has 1 aromatic heterocycles. The minimum Gasteiger partial charge on any atom is -0.469 e. The van der Waals surface area contributed by atoms with Crippen LogP contribution >= 0.6 is 0 Å². The third-order valence-corrected chi connectivity index (χ3v) is 9.50. The van der Waals surface area contributed by atoms with Gasteiger partial charge in [-0.2, -0.15) is 0 Å². The van der Waals surface area contributed by atoms with Gasteiger partial charge in [0.15, 0.2) is 0 Å². The van der Waals surface area contributed by atoms with Gasteiger partial charge >= 0.3 is 5.97 Å². The normalized spacial score (nSPS) is 39.0. The van der Waals surface area contributed by atoms with Crippen LogP contribution in [0.25, 0.3) is 0 Å². The highest BCUT2D eigenvalue weighted by molar-refractivity contribution is 5.76. The molecule has 2 aromatic rings. The number of hydrogen-bond acceptors (Lipinski definition) is 5. The Labute approximate surface area is 202 Å². The van der Waals surface area contributed by atoms with Crippen LogP contribution in [0.4, 0.5) is 0 Å². The maximum absolute atomic E-state index is 12.9. The van der Waals surface area contributed by atoms with Gasteiger partial charge in [0.25, 0.3) is 0 Å². The Morgan fingerprint density at radius 3 is 2.82 bits per heavy atom. The van der Waals surface area contributed by atoms with Crippen molar-refractivity contribution in [2.24, 2.45) is 23.2 Å². The molecule has 8 atom stereocenters. The summed E-state index contributed by atoms with van der Waals surface area (Å²) in [6, 6.07) is 14.6. The fourth-order valence-electron chi connectivity index (χ4n) is 7.77. The minimum atomic E-state index is -0.107. The van der Waals surface area contributed by atoms with E-state index >= 15 is 0 Å². The summed E-state index contributed by atoms with van der Waals surface area (Å²) in [6.07, 6.45) is 8.49. The molecule has 2 aliphatic heterocycles. The molecule has 1 N–H and O–H groups in total. The molecule has 3 heterocycles. The first kappa shape index (κ1) is 22.4. The lowest BCUT2D eigenvalue weighted by Crippen LogP contribution is -2.54. The van der Waals surface area contributed by atoms with E-state index < -0.39 is 0 Å². The summed E-state index contributed by atoms with van der Waals surface area (Å²) in [4.78, 5) is 12.9. The van der Waals surface area contributed by atoms with E-state index in [0.717, 1.165) is 31.6 Å². The summed E-state index contributed by atoms with van der Waals surface area (Å²) in [5, 5.41) is 3.60. The maximum Gasteiger partial charge on any atom is 0.311 e. The molecule has 1 aromatic carbocycles. The molecule has 1 spiro atoms. The molecule has 4 fully saturated rings. The number of fused-ring (bicyclic) bond motifs is 2. The highest BCUT2D eigenvalue weighted by atomic mass is 16.6. The average molecular weight is 464 g/mol. The second kappa shape index (κ2) is 8.53. The van der Waals surface area contributed by atoms with Gasteiger partial charge in [-0.1, -0.05) is 50.6 Å². The molecular formula is C29H37NO4. The van der Waals surface area contributed by atoms with Gasteiger partial charge in [0, 0.05) is 23.8 Å². The lowest BCUT2D eigenvalue weighted by molar-refractivity contribution is -0.146. The number of rotatable bonds is 8. The molecule has 2 saturated carbocycles. The Balaban J connectivity index is 1.09. The minimum absolute atomic E-state index is 0.0178. The molecule has 6 rings (SSSR count). The van der Waals surface area contributed by atoms with Crippen molar-refractivity contribution in [1.29, 1.82) is 0 Å². The Morgan fingerprint density at radius 1 is 1.18 bits per heavy atom. The van der Waals surface area contributed by atoms with Crippen molar-refractivity contribution in [3.63, 3.8) is 0 Å². The highest BCUT2D eigenvalue weighted by Gasteiger charge is 2.78.